The molecular weight excluding hydrogens is 396 g/mol. The van der Waals surface area contributed by atoms with E-state index < -0.39 is 17.7 Å². The van der Waals surface area contributed by atoms with Crippen molar-refractivity contribution >= 4 is 30.3 Å². The Morgan fingerprint density at radius 3 is 2.30 bits per heavy atom. The molecule has 2 N–H and O–H groups in total. The van der Waals surface area contributed by atoms with E-state index in [9.17, 15) is 9.59 Å². The molecule has 0 aromatic heterocycles. The third-order valence-electron chi connectivity index (χ3n) is 4.43. The molecule has 2 amide bonds. The number of thiol groups is 1. The lowest BCUT2D eigenvalue weighted by Gasteiger charge is -2.23. The van der Waals surface area contributed by atoms with E-state index in [1.807, 2.05) is 54.6 Å². The van der Waals surface area contributed by atoms with Crippen molar-refractivity contribution in [3.05, 3.63) is 54.6 Å². The van der Waals surface area contributed by atoms with Gasteiger partial charge in [0.15, 0.2) is 0 Å². The summed E-state index contributed by atoms with van der Waals surface area (Å²) in [7, 11) is 0. The number of benzene rings is 2. The van der Waals surface area contributed by atoms with E-state index in [4.69, 9.17) is 4.74 Å². The van der Waals surface area contributed by atoms with Crippen LogP contribution in [0.4, 0.5) is 10.5 Å². The van der Waals surface area contributed by atoms with Crippen molar-refractivity contribution in [3.63, 3.8) is 0 Å². The Morgan fingerprint density at radius 1 is 0.967 bits per heavy atom. The largest absolute Gasteiger partial charge is 0.444 e. The number of hydrogen-bond acceptors (Lipinski definition) is 4. The first-order valence-corrected chi connectivity index (χ1v) is 11.0. The van der Waals surface area contributed by atoms with Gasteiger partial charge in [0.25, 0.3) is 0 Å². The van der Waals surface area contributed by atoms with Gasteiger partial charge in [-0.15, -0.1) is 0 Å². The maximum Gasteiger partial charge on any atom is 0.408 e. The summed E-state index contributed by atoms with van der Waals surface area (Å²) in [4.78, 5) is 25.3. The number of ether oxygens (including phenoxy) is 1. The van der Waals surface area contributed by atoms with Crippen LogP contribution in [0.1, 0.15) is 46.5 Å². The van der Waals surface area contributed by atoms with Crippen LogP contribution in [0.25, 0.3) is 11.1 Å². The maximum atomic E-state index is 13.1. The van der Waals surface area contributed by atoms with Crippen molar-refractivity contribution < 1.29 is 14.3 Å². The first kappa shape index (κ1) is 23.8. The lowest BCUT2D eigenvalue weighted by molar-refractivity contribution is -0.118. The number of alkyl carbamates (subject to hydrolysis) is 1. The Balaban J connectivity index is 2.14. The normalized spacial score (nSPS) is 12.1. The van der Waals surface area contributed by atoms with Gasteiger partial charge in [-0.2, -0.15) is 12.6 Å². The molecule has 0 unspecified atom stereocenters. The van der Waals surface area contributed by atoms with Crippen LogP contribution in [-0.4, -0.2) is 29.4 Å². The van der Waals surface area contributed by atoms with E-state index in [2.05, 4.69) is 23.3 Å². The third kappa shape index (κ3) is 8.11. The van der Waals surface area contributed by atoms with Crippen LogP contribution in [0.3, 0.4) is 0 Å². The molecule has 0 spiro atoms. The molecule has 0 aliphatic rings. The van der Waals surface area contributed by atoms with Gasteiger partial charge in [-0.25, -0.2) is 4.79 Å². The zero-order valence-corrected chi connectivity index (χ0v) is 18.9. The number of carbonyl (C=O) groups excluding carboxylic acids is 2. The average molecular weight is 429 g/mol. The zero-order chi connectivity index (χ0) is 22.0. The smallest absolute Gasteiger partial charge is 0.408 e. The number of unbranched alkanes of at least 4 members (excludes halogenated alkanes) is 2. The van der Waals surface area contributed by atoms with Gasteiger partial charge in [0.05, 0.1) is 0 Å². The van der Waals surface area contributed by atoms with Gasteiger partial charge in [0, 0.05) is 11.3 Å². The van der Waals surface area contributed by atoms with Crippen molar-refractivity contribution in [3.8, 4) is 11.1 Å². The minimum atomic E-state index is -0.677. The van der Waals surface area contributed by atoms with Crippen LogP contribution in [-0.2, 0) is 9.53 Å². The highest BCUT2D eigenvalue weighted by Gasteiger charge is 2.24. The highest BCUT2D eigenvalue weighted by molar-refractivity contribution is 7.80. The maximum absolute atomic E-state index is 13.1. The van der Waals surface area contributed by atoms with Gasteiger partial charge < -0.3 is 15.4 Å². The zero-order valence-electron chi connectivity index (χ0n) is 18.0. The fraction of sp³-hybridized carbons (Fsp3) is 0.417. The summed E-state index contributed by atoms with van der Waals surface area (Å²) in [6, 6.07) is 16.8. The quantitative estimate of drug-likeness (QED) is 0.356. The summed E-state index contributed by atoms with van der Waals surface area (Å²) < 4.78 is 5.35. The molecular formula is C24H32N2O3S. The summed E-state index contributed by atoms with van der Waals surface area (Å²) in [6.07, 6.45) is 2.68. The van der Waals surface area contributed by atoms with Crippen LogP contribution in [0.15, 0.2) is 54.6 Å². The molecule has 0 aliphatic carbocycles. The number of rotatable bonds is 9. The summed E-state index contributed by atoms with van der Waals surface area (Å²) in [6.45, 7) is 5.39. The molecule has 0 fully saturated rings. The van der Waals surface area contributed by atoms with Crippen LogP contribution < -0.4 is 10.6 Å². The molecule has 2 aromatic carbocycles. The van der Waals surface area contributed by atoms with Gasteiger partial charge in [-0.05, 0) is 51.0 Å². The fourth-order valence-electron chi connectivity index (χ4n) is 3.04. The molecule has 2 rings (SSSR count). The number of para-hydroxylation sites is 1. The molecule has 0 aliphatic heterocycles. The molecule has 0 radical (unpaired) electrons. The average Bonchev–Trinajstić information content (AvgIpc) is 2.70. The van der Waals surface area contributed by atoms with Crippen LogP contribution in [0, 0.1) is 0 Å². The van der Waals surface area contributed by atoms with E-state index in [1.165, 1.54) is 0 Å². The Hall–Kier alpha value is -2.47. The Bertz CT molecular complexity index is 819. The summed E-state index contributed by atoms with van der Waals surface area (Å²) in [5.74, 6) is 0.552. The first-order chi connectivity index (χ1) is 14.3. The van der Waals surface area contributed by atoms with Gasteiger partial charge >= 0.3 is 6.09 Å². The van der Waals surface area contributed by atoms with E-state index in [0.29, 0.717) is 12.1 Å². The van der Waals surface area contributed by atoms with Crippen LogP contribution >= 0.6 is 12.6 Å². The second kappa shape index (κ2) is 11.6. The molecule has 0 saturated carbocycles. The van der Waals surface area contributed by atoms with Crippen molar-refractivity contribution in [1.82, 2.24) is 5.32 Å². The Kier molecular flexibility index (Phi) is 9.24. The van der Waals surface area contributed by atoms with Crippen molar-refractivity contribution in [2.24, 2.45) is 0 Å². The monoisotopic (exact) mass is 428 g/mol. The first-order valence-electron chi connectivity index (χ1n) is 10.4. The number of anilines is 1. The van der Waals surface area contributed by atoms with Gasteiger partial charge in [0.2, 0.25) is 5.91 Å². The van der Waals surface area contributed by atoms with Gasteiger partial charge in [0.1, 0.15) is 11.6 Å². The number of hydrogen-bond donors (Lipinski definition) is 3. The van der Waals surface area contributed by atoms with E-state index in [-0.39, 0.29) is 5.91 Å². The van der Waals surface area contributed by atoms with E-state index >= 15 is 0 Å². The van der Waals surface area contributed by atoms with Gasteiger partial charge in [-0.3, -0.25) is 4.79 Å². The van der Waals surface area contributed by atoms with Crippen molar-refractivity contribution in [1.29, 1.82) is 0 Å². The highest BCUT2D eigenvalue weighted by atomic mass is 32.1. The molecule has 0 bridgehead atoms. The standard InChI is InChI=1S/C24H32N2O3S/c1-24(2,3)29-23(28)26-21(16-8-5-11-17-30)22(27)25-20-15-10-9-14-19(20)18-12-6-4-7-13-18/h4,6-7,9-10,12-15,21,30H,5,8,11,16-17H2,1-3H3,(H,25,27)(H,26,28)/t21-/m0/s1. The number of amides is 2. The van der Waals surface area contributed by atoms with Crippen LogP contribution in [0.2, 0.25) is 0 Å². The van der Waals surface area contributed by atoms with Gasteiger partial charge in [-0.1, -0.05) is 61.4 Å². The molecule has 162 valence electrons. The Labute approximate surface area is 185 Å². The minimum absolute atomic E-state index is 0.255. The second-order valence-electron chi connectivity index (χ2n) is 8.17. The molecule has 5 nitrogen and oxygen atoms in total. The molecule has 0 heterocycles. The Morgan fingerprint density at radius 2 is 1.63 bits per heavy atom. The number of carbonyl (C=O) groups is 2. The second-order valence-corrected chi connectivity index (χ2v) is 8.62. The van der Waals surface area contributed by atoms with E-state index in [0.717, 1.165) is 36.1 Å². The minimum Gasteiger partial charge on any atom is -0.444 e. The molecule has 1 atom stereocenters. The van der Waals surface area contributed by atoms with Crippen molar-refractivity contribution in [2.45, 2.75) is 58.1 Å². The molecule has 6 heteroatoms. The molecule has 2 aromatic rings. The predicted molar refractivity (Wildman–Crippen MR) is 126 cm³/mol. The number of nitrogens with one attached hydrogen (secondary N) is 2. The SMILES string of the molecule is CC(C)(C)OC(=O)N[C@@H](CCCCCS)C(=O)Nc1ccccc1-c1ccccc1. The highest BCUT2D eigenvalue weighted by Crippen LogP contribution is 2.27. The van der Waals surface area contributed by atoms with Crippen LogP contribution in [0.5, 0.6) is 0 Å². The third-order valence-corrected chi connectivity index (χ3v) is 4.74. The topological polar surface area (TPSA) is 67.4 Å². The van der Waals surface area contributed by atoms with Crippen molar-refractivity contribution in [2.75, 3.05) is 11.1 Å². The summed E-state index contributed by atoms with van der Waals surface area (Å²) in [5.41, 5.74) is 2.02. The summed E-state index contributed by atoms with van der Waals surface area (Å²) in [5, 5.41) is 5.73. The lowest BCUT2D eigenvalue weighted by Crippen LogP contribution is -2.45. The van der Waals surface area contributed by atoms with E-state index in [1.54, 1.807) is 20.8 Å². The molecule has 30 heavy (non-hydrogen) atoms. The lowest BCUT2D eigenvalue weighted by atomic mass is 10.0. The predicted octanol–water partition coefficient (Wildman–Crippen LogP) is 5.68. The summed E-state index contributed by atoms with van der Waals surface area (Å²) >= 11 is 4.23. The fourth-order valence-corrected chi connectivity index (χ4v) is 3.26. The molecule has 0 saturated heterocycles.